The van der Waals surface area contributed by atoms with Crippen molar-refractivity contribution in [3.8, 4) is 5.69 Å². The number of aromatic nitrogens is 2. The van der Waals surface area contributed by atoms with E-state index in [1.165, 1.54) is 0 Å². The van der Waals surface area contributed by atoms with E-state index in [-0.39, 0.29) is 28.6 Å². The minimum absolute atomic E-state index is 0.00689. The molecule has 0 aliphatic carbocycles. The molecule has 2 aliphatic rings. The summed E-state index contributed by atoms with van der Waals surface area (Å²) in [5.41, 5.74) is -1.92. The third-order valence-electron chi connectivity index (χ3n) is 6.21. The molecule has 2 fully saturated rings. The van der Waals surface area contributed by atoms with E-state index >= 15 is 4.39 Å². The van der Waals surface area contributed by atoms with Gasteiger partial charge in [0, 0.05) is 31.4 Å². The maximum absolute atomic E-state index is 15.1. The molecular weight excluding hydrogens is 425 g/mol. The number of rotatable bonds is 3. The molecule has 0 bridgehead atoms. The van der Waals surface area contributed by atoms with Crippen molar-refractivity contribution < 1.29 is 23.1 Å². The number of nitrogens with zero attached hydrogens (tertiary/aromatic N) is 3. The van der Waals surface area contributed by atoms with Crippen molar-refractivity contribution in [2.45, 2.75) is 18.9 Å². The van der Waals surface area contributed by atoms with Gasteiger partial charge in [0.2, 0.25) is 5.43 Å². The summed E-state index contributed by atoms with van der Waals surface area (Å²) in [4.78, 5) is 30.4. The van der Waals surface area contributed by atoms with Crippen molar-refractivity contribution in [2.75, 3.05) is 24.5 Å². The number of carbonyl (C=O) groups is 1. The maximum atomic E-state index is 15.1. The highest BCUT2D eigenvalue weighted by molar-refractivity contribution is 5.92. The number of pyridine rings is 2. The Balaban J connectivity index is 1.73. The van der Waals surface area contributed by atoms with Crippen LogP contribution in [0, 0.1) is 23.4 Å². The second kappa shape index (κ2) is 7.63. The fraction of sp³-hybridized carbons (Fsp3) is 0.318. The van der Waals surface area contributed by atoms with Crippen LogP contribution in [0.1, 0.15) is 23.2 Å². The van der Waals surface area contributed by atoms with Crippen LogP contribution in [-0.2, 0) is 0 Å². The highest BCUT2D eigenvalue weighted by atomic mass is 19.1. The molecule has 1 aromatic carbocycles. The summed E-state index contributed by atoms with van der Waals surface area (Å²) in [6.07, 6.45) is 2.98. The van der Waals surface area contributed by atoms with E-state index in [9.17, 15) is 23.5 Å². The number of carboxylic acids is 1. The lowest BCUT2D eigenvalue weighted by Crippen LogP contribution is -2.40. The fourth-order valence-corrected chi connectivity index (χ4v) is 4.67. The standard InChI is InChI=1S/C22H19F3N4O3/c23-12-3-4-18(15(24)6-12)29-9-14(22(31)32)19(30)13-7-16(25)21(27-20(13)29)28-8-11-2-1-5-26-17(11)10-28/h3-4,6-7,9,11,17,26H,1-2,5,8,10H2,(H,31,32)/t11-,17+/m0/s1. The second-order valence-corrected chi connectivity index (χ2v) is 8.18. The van der Waals surface area contributed by atoms with Gasteiger partial charge in [0.05, 0.1) is 11.1 Å². The number of nitrogens with one attached hydrogen (secondary N) is 1. The van der Waals surface area contributed by atoms with E-state index < -0.39 is 34.4 Å². The number of piperidine rings is 1. The molecule has 32 heavy (non-hydrogen) atoms. The monoisotopic (exact) mass is 444 g/mol. The lowest BCUT2D eigenvalue weighted by molar-refractivity contribution is 0.0695. The molecule has 0 saturated carbocycles. The predicted molar refractivity (Wildman–Crippen MR) is 111 cm³/mol. The Morgan fingerprint density at radius 1 is 1.16 bits per heavy atom. The Morgan fingerprint density at radius 2 is 1.97 bits per heavy atom. The van der Waals surface area contributed by atoms with Crippen molar-refractivity contribution in [1.29, 1.82) is 0 Å². The van der Waals surface area contributed by atoms with Crippen molar-refractivity contribution in [3.63, 3.8) is 0 Å². The van der Waals surface area contributed by atoms with Gasteiger partial charge in [-0.3, -0.25) is 9.36 Å². The Morgan fingerprint density at radius 3 is 2.69 bits per heavy atom. The van der Waals surface area contributed by atoms with Crippen LogP contribution in [0.5, 0.6) is 0 Å². The van der Waals surface area contributed by atoms with Crippen molar-refractivity contribution >= 4 is 22.8 Å². The van der Waals surface area contributed by atoms with Gasteiger partial charge in [-0.1, -0.05) is 0 Å². The summed E-state index contributed by atoms with van der Waals surface area (Å²) in [6.45, 7) is 2.00. The molecule has 0 unspecified atom stereocenters. The molecule has 0 spiro atoms. The highest BCUT2D eigenvalue weighted by Crippen LogP contribution is 2.31. The number of hydrogen-bond acceptors (Lipinski definition) is 5. The van der Waals surface area contributed by atoms with Crippen molar-refractivity contribution in [3.05, 3.63) is 63.7 Å². The second-order valence-electron chi connectivity index (χ2n) is 8.18. The number of aromatic carboxylic acids is 1. The van der Waals surface area contributed by atoms with E-state index in [1.807, 2.05) is 0 Å². The Bertz CT molecular complexity index is 1300. The molecule has 10 heteroatoms. The number of carboxylic acid groups (broad SMARTS) is 1. The van der Waals surface area contributed by atoms with Gasteiger partial charge in [-0.2, -0.15) is 0 Å². The van der Waals surface area contributed by atoms with Gasteiger partial charge in [0.15, 0.2) is 17.3 Å². The normalized spacial score (nSPS) is 20.5. The molecule has 2 saturated heterocycles. The van der Waals surface area contributed by atoms with Gasteiger partial charge in [0.25, 0.3) is 0 Å². The topological polar surface area (TPSA) is 87.5 Å². The van der Waals surface area contributed by atoms with Crippen LogP contribution >= 0.6 is 0 Å². The van der Waals surface area contributed by atoms with Crippen LogP contribution in [0.15, 0.2) is 35.3 Å². The van der Waals surface area contributed by atoms with Crippen LogP contribution in [0.3, 0.4) is 0 Å². The molecule has 2 atom stereocenters. The molecule has 0 radical (unpaired) electrons. The summed E-state index contributed by atoms with van der Waals surface area (Å²) < 4.78 is 44.2. The first kappa shape index (κ1) is 20.5. The van der Waals surface area contributed by atoms with Crippen LogP contribution in [0.4, 0.5) is 19.0 Å². The first-order chi connectivity index (χ1) is 15.3. The van der Waals surface area contributed by atoms with Gasteiger partial charge < -0.3 is 15.3 Å². The largest absolute Gasteiger partial charge is 0.477 e. The van der Waals surface area contributed by atoms with Crippen LogP contribution < -0.4 is 15.6 Å². The van der Waals surface area contributed by atoms with Gasteiger partial charge in [-0.05, 0) is 43.5 Å². The third kappa shape index (κ3) is 3.31. The molecule has 2 aliphatic heterocycles. The molecule has 2 N–H and O–H groups in total. The van der Waals surface area contributed by atoms with E-state index in [1.54, 1.807) is 4.90 Å². The molecule has 5 rings (SSSR count). The van der Waals surface area contributed by atoms with Crippen molar-refractivity contribution in [2.24, 2.45) is 5.92 Å². The summed E-state index contributed by atoms with van der Waals surface area (Å²) in [7, 11) is 0. The van der Waals surface area contributed by atoms with Crippen LogP contribution in [0.25, 0.3) is 16.7 Å². The van der Waals surface area contributed by atoms with Gasteiger partial charge in [0.1, 0.15) is 17.2 Å². The number of anilines is 1. The minimum atomic E-state index is -1.55. The highest BCUT2D eigenvalue weighted by Gasteiger charge is 2.36. The van der Waals surface area contributed by atoms with E-state index in [0.29, 0.717) is 25.1 Å². The number of benzene rings is 1. The van der Waals surface area contributed by atoms with Gasteiger partial charge >= 0.3 is 5.97 Å². The number of halogens is 3. The summed E-state index contributed by atoms with van der Waals surface area (Å²) in [6, 6.07) is 3.90. The van der Waals surface area contributed by atoms with Crippen LogP contribution in [0.2, 0.25) is 0 Å². The van der Waals surface area contributed by atoms with Gasteiger partial charge in [-0.15, -0.1) is 0 Å². The average Bonchev–Trinajstić information content (AvgIpc) is 3.18. The van der Waals surface area contributed by atoms with E-state index in [2.05, 4.69) is 10.3 Å². The fourth-order valence-electron chi connectivity index (χ4n) is 4.67. The number of fused-ring (bicyclic) bond motifs is 2. The lowest BCUT2D eigenvalue weighted by atomic mass is 9.94. The Hall–Kier alpha value is -3.40. The SMILES string of the molecule is O=C(O)c1cn(-c2ccc(F)cc2F)c2nc(N3C[C@@H]4CCCN[C@@H]4C3)c(F)cc2c1=O. The lowest BCUT2D eigenvalue weighted by Gasteiger charge is -2.24. The maximum Gasteiger partial charge on any atom is 0.341 e. The smallest absolute Gasteiger partial charge is 0.341 e. The first-order valence-electron chi connectivity index (χ1n) is 10.3. The molecule has 3 aromatic rings. The van der Waals surface area contributed by atoms with Crippen molar-refractivity contribution in [1.82, 2.24) is 14.9 Å². The summed E-state index contributed by atoms with van der Waals surface area (Å²) in [5.74, 6) is -3.76. The van der Waals surface area contributed by atoms with E-state index in [4.69, 9.17) is 0 Å². The molecule has 166 valence electrons. The molecule has 2 aromatic heterocycles. The summed E-state index contributed by atoms with van der Waals surface area (Å²) >= 11 is 0. The predicted octanol–water partition coefficient (Wildman–Crippen LogP) is 2.69. The number of hydrogen-bond donors (Lipinski definition) is 2. The third-order valence-corrected chi connectivity index (χ3v) is 6.21. The molecular formula is C22H19F3N4O3. The quantitative estimate of drug-likeness (QED) is 0.646. The zero-order valence-electron chi connectivity index (χ0n) is 16.8. The molecule has 4 heterocycles. The zero-order chi connectivity index (χ0) is 22.6. The van der Waals surface area contributed by atoms with Gasteiger partial charge in [-0.25, -0.2) is 22.9 Å². The summed E-state index contributed by atoms with van der Waals surface area (Å²) in [5, 5.41) is 12.5. The Kier molecular flexibility index (Phi) is 4.89. The average molecular weight is 444 g/mol. The first-order valence-corrected chi connectivity index (χ1v) is 10.3. The van der Waals surface area contributed by atoms with Crippen LogP contribution in [-0.4, -0.2) is 46.3 Å². The zero-order valence-corrected chi connectivity index (χ0v) is 16.8. The van der Waals surface area contributed by atoms with E-state index in [0.717, 1.165) is 48.3 Å². The molecule has 7 nitrogen and oxygen atoms in total. The molecule has 0 amide bonds. The Labute approximate surface area is 180 Å². The minimum Gasteiger partial charge on any atom is -0.477 e.